The summed E-state index contributed by atoms with van der Waals surface area (Å²) in [7, 11) is -7.41. The minimum absolute atomic E-state index is 0.0191. The molecule has 1 amide bonds. The van der Waals surface area contributed by atoms with Crippen LogP contribution in [0.25, 0.3) is 0 Å². The lowest BCUT2D eigenvalue weighted by Gasteiger charge is -2.20. The number of anilines is 1. The molecule has 1 heterocycles. The molecular weight excluding hydrogens is 446 g/mol. The van der Waals surface area contributed by atoms with Crippen molar-refractivity contribution in [2.75, 3.05) is 31.5 Å². The van der Waals surface area contributed by atoms with Crippen molar-refractivity contribution in [3.63, 3.8) is 0 Å². The molecule has 30 heavy (non-hydrogen) atoms. The van der Waals surface area contributed by atoms with Gasteiger partial charge >= 0.3 is 0 Å². The molecular formula is C19H25N3O5S3. The van der Waals surface area contributed by atoms with Crippen LogP contribution < -0.4 is 5.32 Å². The van der Waals surface area contributed by atoms with Crippen molar-refractivity contribution in [2.24, 2.45) is 0 Å². The zero-order chi connectivity index (χ0) is 22.4. The number of thiophene rings is 1. The Morgan fingerprint density at radius 3 is 2.17 bits per heavy atom. The van der Waals surface area contributed by atoms with Gasteiger partial charge in [0.25, 0.3) is 10.0 Å². The van der Waals surface area contributed by atoms with Gasteiger partial charge in [0.1, 0.15) is 4.21 Å². The molecule has 1 aromatic carbocycles. The molecule has 0 atom stereocenters. The summed E-state index contributed by atoms with van der Waals surface area (Å²) in [6.07, 6.45) is 1.41. The molecule has 0 aliphatic rings. The van der Waals surface area contributed by atoms with Crippen LogP contribution in [0, 0.1) is 0 Å². The molecule has 164 valence electrons. The summed E-state index contributed by atoms with van der Waals surface area (Å²) >= 11 is 1.07. The number of carbonyl (C=O) groups excluding carboxylic acids is 1. The number of hydrogen-bond acceptors (Lipinski definition) is 6. The van der Waals surface area contributed by atoms with Crippen LogP contribution in [0.3, 0.4) is 0 Å². The second-order valence-corrected chi connectivity index (χ2v) is 11.2. The minimum Gasteiger partial charge on any atom is -0.325 e. The Hall–Kier alpha value is -2.05. The molecule has 0 aliphatic carbocycles. The van der Waals surface area contributed by atoms with Crippen LogP contribution in [-0.2, 0) is 24.8 Å². The zero-order valence-electron chi connectivity index (χ0n) is 16.8. The van der Waals surface area contributed by atoms with Crippen LogP contribution in [0.2, 0.25) is 0 Å². The lowest BCUT2D eigenvalue weighted by molar-refractivity contribution is -0.116. The number of amides is 1. The van der Waals surface area contributed by atoms with Crippen molar-refractivity contribution >= 4 is 43.0 Å². The molecule has 11 heteroatoms. The third kappa shape index (κ3) is 5.55. The first-order chi connectivity index (χ1) is 14.2. The first-order valence-electron chi connectivity index (χ1n) is 9.21. The summed E-state index contributed by atoms with van der Waals surface area (Å²) in [5.74, 6) is -0.545. The van der Waals surface area contributed by atoms with E-state index in [4.69, 9.17) is 0 Å². The highest BCUT2D eigenvalue weighted by Gasteiger charge is 2.27. The Bertz CT molecular complexity index is 1060. The van der Waals surface area contributed by atoms with E-state index in [-0.39, 0.29) is 15.6 Å². The van der Waals surface area contributed by atoms with Crippen LogP contribution >= 0.6 is 11.3 Å². The van der Waals surface area contributed by atoms with Gasteiger partial charge in [0, 0.05) is 25.3 Å². The van der Waals surface area contributed by atoms with Gasteiger partial charge in [-0.15, -0.1) is 17.9 Å². The molecule has 0 fully saturated rings. The predicted molar refractivity (Wildman–Crippen MR) is 118 cm³/mol. The van der Waals surface area contributed by atoms with Gasteiger partial charge < -0.3 is 5.32 Å². The van der Waals surface area contributed by atoms with E-state index in [2.05, 4.69) is 11.9 Å². The van der Waals surface area contributed by atoms with Gasteiger partial charge in [-0.3, -0.25) is 4.79 Å². The van der Waals surface area contributed by atoms with Crippen LogP contribution in [-0.4, -0.2) is 57.5 Å². The number of hydrogen-bond donors (Lipinski definition) is 1. The van der Waals surface area contributed by atoms with Gasteiger partial charge in [-0.2, -0.15) is 8.61 Å². The minimum atomic E-state index is -3.81. The van der Waals surface area contributed by atoms with Crippen molar-refractivity contribution in [2.45, 2.75) is 23.0 Å². The first-order valence-corrected chi connectivity index (χ1v) is 13.0. The lowest BCUT2D eigenvalue weighted by Crippen LogP contribution is -2.37. The molecule has 0 saturated carbocycles. The van der Waals surface area contributed by atoms with Gasteiger partial charge in [-0.05, 0) is 35.7 Å². The molecule has 2 rings (SSSR count). The maximum Gasteiger partial charge on any atom is 0.253 e. The smallest absolute Gasteiger partial charge is 0.253 e. The van der Waals surface area contributed by atoms with Crippen LogP contribution in [0.4, 0.5) is 5.69 Å². The molecule has 0 aliphatic heterocycles. The average molecular weight is 472 g/mol. The Labute approximate surface area is 181 Å². The number of rotatable bonds is 11. The molecule has 8 nitrogen and oxygen atoms in total. The SMILES string of the molecule is C=CCN(CC(=O)Nc1ccc(S(=O)(=O)N(CC)CC)cc1)S(=O)(=O)c1cccs1. The zero-order valence-corrected chi connectivity index (χ0v) is 19.3. The summed E-state index contributed by atoms with van der Waals surface area (Å²) < 4.78 is 52.9. The van der Waals surface area contributed by atoms with Gasteiger partial charge in [0.2, 0.25) is 15.9 Å². The Kier molecular flexibility index (Phi) is 8.33. The average Bonchev–Trinajstić information content (AvgIpc) is 3.24. The molecule has 0 unspecified atom stereocenters. The highest BCUT2D eigenvalue weighted by molar-refractivity contribution is 7.91. The molecule has 0 radical (unpaired) electrons. The molecule has 0 saturated heterocycles. The maximum atomic E-state index is 12.7. The standard InChI is InChI=1S/C19H25N3O5S3/c1-4-13-22(30(26,27)19-8-7-14-28-19)15-18(23)20-16-9-11-17(12-10-16)29(24,25)21(5-2)6-3/h4,7-12,14H,1,5-6,13,15H2,2-3H3,(H,20,23). The van der Waals surface area contributed by atoms with E-state index in [1.54, 1.807) is 25.3 Å². The highest BCUT2D eigenvalue weighted by Crippen LogP contribution is 2.21. The highest BCUT2D eigenvalue weighted by atomic mass is 32.2. The van der Waals surface area contributed by atoms with Crippen molar-refractivity contribution in [1.82, 2.24) is 8.61 Å². The van der Waals surface area contributed by atoms with Crippen molar-refractivity contribution < 1.29 is 21.6 Å². The van der Waals surface area contributed by atoms with E-state index >= 15 is 0 Å². The summed E-state index contributed by atoms with van der Waals surface area (Å²) in [6, 6.07) is 8.86. The third-order valence-electron chi connectivity index (χ3n) is 4.22. The van der Waals surface area contributed by atoms with Gasteiger partial charge in [-0.1, -0.05) is 26.0 Å². The van der Waals surface area contributed by atoms with Crippen LogP contribution in [0.5, 0.6) is 0 Å². The quantitative estimate of drug-likeness (QED) is 0.507. The van der Waals surface area contributed by atoms with Gasteiger partial charge in [0.15, 0.2) is 0 Å². The third-order valence-corrected chi connectivity index (χ3v) is 9.47. The molecule has 0 spiro atoms. The van der Waals surface area contributed by atoms with Crippen molar-refractivity contribution in [3.8, 4) is 0 Å². The summed E-state index contributed by atoms with van der Waals surface area (Å²) in [4.78, 5) is 12.5. The monoisotopic (exact) mass is 471 g/mol. The normalized spacial score (nSPS) is 12.3. The Balaban J connectivity index is 2.12. The fourth-order valence-electron chi connectivity index (χ4n) is 2.71. The van der Waals surface area contributed by atoms with Crippen LogP contribution in [0.15, 0.2) is 63.5 Å². The number of benzene rings is 1. The van der Waals surface area contributed by atoms with E-state index in [0.29, 0.717) is 18.8 Å². The summed E-state index contributed by atoms with van der Waals surface area (Å²) in [5, 5.41) is 4.25. The van der Waals surface area contributed by atoms with E-state index in [9.17, 15) is 21.6 Å². The van der Waals surface area contributed by atoms with Crippen molar-refractivity contribution in [1.29, 1.82) is 0 Å². The molecule has 1 aromatic heterocycles. The molecule has 1 N–H and O–H groups in total. The predicted octanol–water partition coefficient (Wildman–Crippen LogP) is 2.59. The maximum absolute atomic E-state index is 12.7. The van der Waals surface area contributed by atoms with E-state index in [1.165, 1.54) is 40.7 Å². The van der Waals surface area contributed by atoms with E-state index in [1.807, 2.05) is 0 Å². The fourth-order valence-corrected chi connectivity index (χ4v) is 6.68. The number of sulfonamides is 2. The second-order valence-electron chi connectivity index (χ2n) is 6.18. The Morgan fingerprint density at radius 1 is 1.03 bits per heavy atom. The Morgan fingerprint density at radius 2 is 1.67 bits per heavy atom. The first kappa shape index (κ1) is 24.2. The molecule has 0 bridgehead atoms. The topological polar surface area (TPSA) is 104 Å². The van der Waals surface area contributed by atoms with Gasteiger partial charge in [-0.25, -0.2) is 16.8 Å². The van der Waals surface area contributed by atoms with Crippen molar-refractivity contribution in [3.05, 3.63) is 54.4 Å². The van der Waals surface area contributed by atoms with Crippen LogP contribution in [0.1, 0.15) is 13.8 Å². The number of carbonyl (C=O) groups is 1. The molecule has 2 aromatic rings. The fraction of sp³-hybridized carbons (Fsp3) is 0.316. The van der Waals surface area contributed by atoms with E-state index in [0.717, 1.165) is 15.6 Å². The summed E-state index contributed by atoms with van der Waals surface area (Å²) in [6.45, 7) is 7.37. The second kappa shape index (κ2) is 10.3. The van der Waals surface area contributed by atoms with Gasteiger partial charge in [0.05, 0.1) is 11.4 Å². The lowest BCUT2D eigenvalue weighted by atomic mass is 10.3. The summed E-state index contributed by atoms with van der Waals surface area (Å²) in [5.41, 5.74) is 0.366. The number of nitrogens with zero attached hydrogens (tertiary/aromatic N) is 2. The largest absolute Gasteiger partial charge is 0.325 e. The number of nitrogens with one attached hydrogen (secondary N) is 1. The van der Waals surface area contributed by atoms with E-state index < -0.39 is 32.5 Å².